The van der Waals surface area contributed by atoms with E-state index in [0.717, 1.165) is 34.5 Å². The fourth-order valence-electron chi connectivity index (χ4n) is 4.89. The van der Waals surface area contributed by atoms with Crippen LogP contribution in [0, 0.1) is 0 Å². The molecule has 2 fully saturated rings. The van der Waals surface area contributed by atoms with Gasteiger partial charge >= 0.3 is 0 Å². The second kappa shape index (κ2) is 10.8. The topological polar surface area (TPSA) is 110 Å². The number of morpholine rings is 1. The predicted molar refractivity (Wildman–Crippen MR) is 149 cm³/mol. The van der Waals surface area contributed by atoms with Crippen molar-refractivity contribution in [2.45, 2.75) is 6.54 Å². The number of hydrogen-bond donors (Lipinski definition) is 1. The Kier molecular flexibility index (Phi) is 7.03. The molecule has 2 aromatic carbocycles. The summed E-state index contributed by atoms with van der Waals surface area (Å²) in [6.45, 7) is 4.25. The molecule has 39 heavy (non-hydrogen) atoms. The zero-order valence-corrected chi connectivity index (χ0v) is 22.3. The first-order valence-electron chi connectivity index (χ1n) is 13.0. The average molecular weight is 547 g/mol. The van der Waals surface area contributed by atoms with Crippen LogP contribution in [0.4, 0.5) is 11.6 Å². The Morgan fingerprint density at radius 3 is 2.36 bits per heavy atom. The molecule has 0 aliphatic carbocycles. The van der Waals surface area contributed by atoms with Crippen LogP contribution in [-0.2, 0) is 21.1 Å². The smallest absolute Gasteiger partial charge is 0.254 e. The first kappa shape index (κ1) is 25.5. The lowest BCUT2D eigenvalue weighted by Gasteiger charge is -2.26. The van der Waals surface area contributed by atoms with Crippen molar-refractivity contribution >= 4 is 38.4 Å². The molecule has 0 radical (unpaired) electrons. The Hall–Kier alpha value is -3.80. The summed E-state index contributed by atoms with van der Waals surface area (Å²) in [6, 6.07) is 17.6. The van der Waals surface area contributed by atoms with Crippen molar-refractivity contribution in [2.75, 3.05) is 56.2 Å². The summed E-state index contributed by atoms with van der Waals surface area (Å²) in [5.74, 6) is 0.932. The van der Waals surface area contributed by atoms with E-state index >= 15 is 0 Å². The second-order valence-corrected chi connectivity index (χ2v) is 12.2. The van der Waals surface area contributed by atoms with Crippen molar-refractivity contribution in [3.05, 3.63) is 78.1 Å². The fraction of sp³-hybridized carbons (Fsp3) is 0.321. The highest BCUT2D eigenvalue weighted by atomic mass is 32.2. The van der Waals surface area contributed by atoms with Crippen molar-refractivity contribution in [3.8, 4) is 5.69 Å². The van der Waals surface area contributed by atoms with Gasteiger partial charge in [-0.3, -0.25) is 9.69 Å². The zero-order valence-electron chi connectivity index (χ0n) is 21.5. The van der Waals surface area contributed by atoms with Gasteiger partial charge in [-0.05, 0) is 48.0 Å². The third-order valence-corrected chi connectivity index (χ3v) is 8.78. The summed E-state index contributed by atoms with van der Waals surface area (Å²) in [7, 11) is -2.88. The molecule has 4 aromatic rings. The van der Waals surface area contributed by atoms with Gasteiger partial charge in [-0.1, -0.05) is 12.1 Å². The maximum Gasteiger partial charge on any atom is 0.254 e. The van der Waals surface area contributed by atoms with E-state index in [1.165, 1.54) is 0 Å². The highest BCUT2D eigenvalue weighted by molar-refractivity contribution is 7.91. The number of nitrogens with zero attached hydrogens (tertiary/aromatic N) is 5. The monoisotopic (exact) mass is 546 g/mol. The van der Waals surface area contributed by atoms with E-state index in [1.54, 1.807) is 6.20 Å². The van der Waals surface area contributed by atoms with Gasteiger partial charge in [-0.2, -0.15) is 4.98 Å². The molecule has 2 aliphatic rings. The number of sulfone groups is 1. The summed E-state index contributed by atoms with van der Waals surface area (Å²) < 4.78 is 30.7. The Labute approximate surface area is 227 Å². The molecule has 0 atom stereocenters. The van der Waals surface area contributed by atoms with Gasteiger partial charge in [-0.15, -0.1) is 0 Å². The minimum Gasteiger partial charge on any atom is -0.378 e. The minimum absolute atomic E-state index is 0.00948. The molecule has 2 aromatic heterocycles. The third kappa shape index (κ3) is 5.80. The van der Waals surface area contributed by atoms with Crippen LogP contribution in [0.5, 0.6) is 0 Å². The molecule has 202 valence electrons. The molecule has 1 N–H and O–H groups in total. The Balaban J connectivity index is 1.14. The molecule has 2 aliphatic heterocycles. The number of fused-ring (bicyclic) bond motifs is 1. The molecular weight excluding hydrogens is 516 g/mol. The summed E-state index contributed by atoms with van der Waals surface area (Å²) >= 11 is 0. The van der Waals surface area contributed by atoms with E-state index in [2.05, 4.69) is 39.5 Å². The maximum absolute atomic E-state index is 12.7. The van der Waals surface area contributed by atoms with Crippen LogP contribution in [0.1, 0.15) is 15.9 Å². The normalized spacial score (nSPS) is 17.8. The molecule has 10 nitrogen and oxygen atoms in total. The molecular formula is C28H30N6O4S. The van der Waals surface area contributed by atoms with E-state index in [4.69, 9.17) is 9.72 Å². The van der Waals surface area contributed by atoms with Crippen LogP contribution >= 0.6 is 0 Å². The first-order valence-corrected chi connectivity index (χ1v) is 14.9. The highest BCUT2D eigenvalue weighted by Gasteiger charge is 2.21. The van der Waals surface area contributed by atoms with Gasteiger partial charge in [0.25, 0.3) is 5.91 Å². The Bertz CT molecular complexity index is 1560. The summed E-state index contributed by atoms with van der Waals surface area (Å²) in [5, 5.41) is 4.16. The lowest BCUT2D eigenvalue weighted by molar-refractivity contribution is 0.0303. The van der Waals surface area contributed by atoms with E-state index < -0.39 is 9.84 Å². The van der Waals surface area contributed by atoms with Gasteiger partial charge in [0, 0.05) is 67.4 Å². The standard InChI is InChI=1S/C28H30N6O4S/c35-27(33-11-15-38-16-12-33)22-3-5-24(6-4-22)30-28-29-19-23-9-10-34(26(23)31-28)25-7-1-21(2-8-25)20-32-13-17-39(36,37)18-14-32/h1-10,19H,11-18,20H2,(H,29,30,31). The van der Waals surface area contributed by atoms with Crippen molar-refractivity contribution in [2.24, 2.45) is 0 Å². The van der Waals surface area contributed by atoms with Crippen LogP contribution in [0.2, 0.25) is 0 Å². The minimum atomic E-state index is -2.88. The second-order valence-electron chi connectivity index (χ2n) is 9.86. The molecule has 2 saturated heterocycles. The van der Waals surface area contributed by atoms with Crippen LogP contribution < -0.4 is 5.32 Å². The largest absolute Gasteiger partial charge is 0.378 e. The fourth-order valence-corrected chi connectivity index (χ4v) is 6.17. The van der Waals surface area contributed by atoms with Gasteiger partial charge in [0.15, 0.2) is 9.84 Å². The number of carbonyl (C=O) groups excluding carboxylic acids is 1. The Morgan fingerprint density at radius 2 is 1.64 bits per heavy atom. The molecule has 11 heteroatoms. The highest BCUT2D eigenvalue weighted by Crippen LogP contribution is 2.22. The SMILES string of the molecule is O=C(c1ccc(Nc2ncc3ccn(-c4ccc(CN5CCS(=O)(=O)CC5)cc4)c3n2)cc1)N1CCOCC1. The number of carbonyl (C=O) groups is 1. The molecule has 0 saturated carbocycles. The molecule has 0 unspecified atom stereocenters. The number of benzene rings is 2. The molecule has 4 heterocycles. The van der Waals surface area contributed by atoms with Crippen LogP contribution in [0.3, 0.4) is 0 Å². The van der Waals surface area contributed by atoms with E-state index in [1.807, 2.05) is 46.0 Å². The summed E-state index contributed by atoms with van der Waals surface area (Å²) in [5.41, 5.74) is 4.33. The molecule has 6 rings (SSSR count). The summed E-state index contributed by atoms with van der Waals surface area (Å²) in [6.07, 6.45) is 3.76. The van der Waals surface area contributed by atoms with E-state index in [9.17, 15) is 13.2 Å². The molecule has 0 bridgehead atoms. The van der Waals surface area contributed by atoms with E-state index in [-0.39, 0.29) is 17.4 Å². The number of nitrogens with one attached hydrogen (secondary N) is 1. The number of aromatic nitrogens is 3. The predicted octanol–water partition coefficient (Wildman–Crippen LogP) is 2.87. The lowest BCUT2D eigenvalue weighted by Crippen LogP contribution is -2.40. The van der Waals surface area contributed by atoms with Gasteiger partial charge in [-0.25, -0.2) is 13.4 Å². The first-order chi connectivity index (χ1) is 18.9. The lowest BCUT2D eigenvalue weighted by atomic mass is 10.1. The van der Waals surface area contributed by atoms with Crippen molar-refractivity contribution in [3.63, 3.8) is 0 Å². The maximum atomic E-state index is 12.7. The third-order valence-electron chi connectivity index (χ3n) is 7.17. The number of ether oxygens (including phenoxy) is 1. The number of hydrogen-bond acceptors (Lipinski definition) is 8. The zero-order chi connectivity index (χ0) is 26.8. The van der Waals surface area contributed by atoms with Crippen LogP contribution in [-0.4, -0.2) is 89.6 Å². The van der Waals surface area contributed by atoms with Crippen LogP contribution in [0.15, 0.2) is 67.0 Å². The van der Waals surface area contributed by atoms with Crippen molar-refractivity contribution in [1.82, 2.24) is 24.3 Å². The Morgan fingerprint density at radius 1 is 0.923 bits per heavy atom. The number of rotatable bonds is 6. The summed E-state index contributed by atoms with van der Waals surface area (Å²) in [4.78, 5) is 25.9. The average Bonchev–Trinajstić information content (AvgIpc) is 3.38. The molecule has 1 amide bonds. The van der Waals surface area contributed by atoms with Crippen LogP contribution in [0.25, 0.3) is 16.7 Å². The molecule has 0 spiro atoms. The number of anilines is 2. The van der Waals surface area contributed by atoms with E-state index in [0.29, 0.717) is 50.9 Å². The van der Waals surface area contributed by atoms with Crippen molar-refractivity contribution in [1.29, 1.82) is 0 Å². The van der Waals surface area contributed by atoms with Gasteiger partial charge < -0.3 is 19.5 Å². The van der Waals surface area contributed by atoms with Gasteiger partial charge in [0.2, 0.25) is 5.95 Å². The van der Waals surface area contributed by atoms with Gasteiger partial charge in [0.05, 0.1) is 24.7 Å². The van der Waals surface area contributed by atoms with Crippen molar-refractivity contribution < 1.29 is 17.9 Å². The quantitative estimate of drug-likeness (QED) is 0.393. The number of amides is 1. The van der Waals surface area contributed by atoms with Gasteiger partial charge in [0.1, 0.15) is 5.65 Å².